The van der Waals surface area contributed by atoms with Crippen LogP contribution in [0.3, 0.4) is 0 Å². The number of halogens is 2. The molecule has 0 saturated carbocycles. The second kappa shape index (κ2) is 9.35. The topological polar surface area (TPSA) is 61.9 Å². The molecular weight excluding hydrogens is 468 g/mol. The number of ether oxygens (including phenoxy) is 1. The lowest BCUT2D eigenvalue weighted by Crippen LogP contribution is -2.19. The third-order valence-corrected chi connectivity index (χ3v) is 5.82. The predicted octanol–water partition coefficient (Wildman–Crippen LogP) is 5.47. The molecule has 1 aromatic carbocycles. The Morgan fingerprint density at radius 3 is 2.47 bits per heavy atom. The number of rotatable bonds is 7. The van der Waals surface area contributed by atoms with Crippen LogP contribution in [0.4, 0.5) is 0 Å². The van der Waals surface area contributed by atoms with Gasteiger partial charge in [0.15, 0.2) is 10.4 Å². The molecule has 0 bridgehead atoms. The van der Waals surface area contributed by atoms with Gasteiger partial charge in [-0.3, -0.25) is 4.68 Å². The van der Waals surface area contributed by atoms with Gasteiger partial charge in [-0.05, 0) is 67.4 Å². The van der Waals surface area contributed by atoms with Crippen LogP contribution in [0, 0.1) is 6.92 Å². The van der Waals surface area contributed by atoms with E-state index in [9.17, 15) is 4.79 Å². The lowest BCUT2D eigenvalue weighted by atomic mass is 9.89. The van der Waals surface area contributed by atoms with Gasteiger partial charge in [0.25, 0.3) is 0 Å². The first-order valence-corrected chi connectivity index (χ1v) is 11.1. The number of carbonyl (C=O) groups excluding carboxylic acids is 1. The summed E-state index contributed by atoms with van der Waals surface area (Å²) in [6.45, 7) is 8.19. The van der Waals surface area contributed by atoms with Crippen molar-refractivity contribution in [1.82, 2.24) is 19.3 Å². The van der Waals surface area contributed by atoms with Crippen LogP contribution in [-0.2, 0) is 18.2 Å². The Labute approximate surface area is 190 Å². The van der Waals surface area contributed by atoms with Crippen LogP contribution >= 0.6 is 27.5 Å². The van der Waals surface area contributed by atoms with Crippen molar-refractivity contribution in [3.63, 3.8) is 0 Å². The number of carbonyl (C=O) groups is 1. The molecule has 0 saturated heterocycles. The first-order chi connectivity index (χ1) is 14.2. The van der Waals surface area contributed by atoms with Gasteiger partial charge in [0.1, 0.15) is 0 Å². The standard InChI is InChI=1S/C22H26BrClN4O2/c1-6-30-21(29)19-20(28(13(2)3)22(23)25-19)18(15-7-9-16(24)10-8-15)12-17-11-14(4)26-27(17)5/h7-11,13,18H,6,12H2,1-5H3. The van der Waals surface area contributed by atoms with Crippen LogP contribution in [0.5, 0.6) is 0 Å². The van der Waals surface area contributed by atoms with Crippen LogP contribution in [0.2, 0.25) is 5.02 Å². The van der Waals surface area contributed by atoms with Crippen molar-refractivity contribution in [3.05, 3.63) is 68.4 Å². The highest BCUT2D eigenvalue weighted by atomic mass is 79.9. The summed E-state index contributed by atoms with van der Waals surface area (Å²) in [7, 11) is 1.93. The summed E-state index contributed by atoms with van der Waals surface area (Å²) < 4.78 is 9.87. The summed E-state index contributed by atoms with van der Waals surface area (Å²) in [4.78, 5) is 17.3. The van der Waals surface area contributed by atoms with E-state index in [4.69, 9.17) is 16.3 Å². The van der Waals surface area contributed by atoms with Gasteiger partial charge in [0.05, 0.1) is 18.0 Å². The Morgan fingerprint density at radius 1 is 1.27 bits per heavy atom. The maximum atomic E-state index is 12.8. The molecule has 30 heavy (non-hydrogen) atoms. The van der Waals surface area contributed by atoms with Gasteiger partial charge in [0, 0.05) is 36.1 Å². The Bertz CT molecular complexity index is 1040. The second-order valence-corrected chi connectivity index (χ2v) is 8.65. The molecule has 0 aliphatic heterocycles. The highest BCUT2D eigenvalue weighted by Gasteiger charge is 2.31. The van der Waals surface area contributed by atoms with E-state index in [1.807, 2.05) is 42.9 Å². The summed E-state index contributed by atoms with van der Waals surface area (Å²) in [6.07, 6.45) is 0.649. The monoisotopic (exact) mass is 492 g/mol. The van der Waals surface area contributed by atoms with Crippen molar-refractivity contribution in [2.75, 3.05) is 6.61 Å². The Balaban J connectivity index is 2.23. The summed E-state index contributed by atoms with van der Waals surface area (Å²) in [5, 5.41) is 5.15. The number of hydrogen-bond donors (Lipinski definition) is 0. The number of aryl methyl sites for hydroxylation is 2. The highest BCUT2D eigenvalue weighted by Crippen LogP contribution is 2.36. The minimum Gasteiger partial charge on any atom is -0.461 e. The van der Waals surface area contributed by atoms with Crippen molar-refractivity contribution in [3.8, 4) is 0 Å². The average molecular weight is 494 g/mol. The predicted molar refractivity (Wildman–Crippen MR) is 121 cm³/mol. The van der Waals surface area contributed by atoms with Gasteiger partial charge in [-0.2, -0.15) is 5.10 Å². The fourth-order valence-corrected chi connectivity index (χ4v) is 4.63. The van der Waals surface area contributed by atoms with E-state index in [1.54, 1.807) is 6.92 Å². The minimum atomic E-state index is -0.423. The fraction of sp³-hybridized carbons (Fsp3) is 0.409. The molecule has 0 spiro atoms. The zero-order valence-corrected chi connectivity index (χ0v) is 20.2. The molecule has 2 aromatic heterocycles. The first kappa shape index (κ1) is 22.6. The van der Waals surface area contributed by atoms with E-state index >= 15 is 0 Å². The number of aromatic nitrogens is 4. The Kier molecular flexibility index (Phi) is 7.03. The smallest absolute Gasteiger partial charge is 0.358 e. The highest BCUT2D eigenvalue weighted by molar-refractivity contribution is 9.10. The molecule has 8 heteroatoms. The summed E-state index contributed by atoms with van der Waals surface area (Å²) in [5.41, 5.74) is 4.20. The molecule has 160 valence electrons. The molecule has 6 nitrogen and oxygen atoms in total. The number of hydrogen-bond acceptors (Lipinski definition) is 4. The van der Waals surface area contributed by atoms with Crippen molar-refractivity contribution >= 4 is 33.5 Å². The lowest BCUT2D eigenvalue weighted by Gasteiger charge is -2.23. The minimum absolute atomic E-state index is 0.0909. The van der Waals surface area contributed by atoms with Crippen molar-refractivity contribution in [1.29, 1.82) is 0 Å². The molecule has 3 rings (SSSR count). The van der Waals surface area contributed by atoms with E-state index in [0.717, 1.165) is 22.6 Å². The van der Waals surface area contributed by atoms with Gasteiger partial charge >= 0.3 is 5.97 Å². The molecule has 0 radical (unpaired) electrons. The van der Waals surface area contributed by atoms with Gasteiger partial charge in [-0.1, -0.05) is 23.7 Å². The molecule has 0 N–H and O–H groups in total. The third kappa shape index (κ3) is 4.62. The second-order valence-electron chi connectivity index (χ2n) is 7.51. The number of benzene rings is 1. The van der Waals surface area contributed by atoms with Gasteiger partial charge in [0.2, 0.25) is 0 Å². The van der Waals surface area contributed by atoms with Crippen LogP contribution < -0.4 is 0 Å². The molecule has 1 atom stereocenters. The maximum Gasteiger partial charge on any atom is 0.358 e. The molecule has 2 heterocycles. The van der Waals surface area contributed by atoms with Crippen molar-refractivity contribution in [2.45, 2.75) is 46.1 Å². The lowest BCUT2D eigenvalue weighted by molar-refractivity contribution is 0.0518. The van der Waals surface area contributed by atoms with Gasteiger partial charge in [-0.25, -0.2) is 9.78 Å². The molecule has 0 amide bonds. The molecular formula is C22H26BrClN4O2. The van der Waals surface area contributed by atoms with E-state index in [-0.39, 0.29) is 18.6 Å². The number of esters is 1. The zero-order chi connectivity index (χ0) is 22.0. The first-order valence-electron chi connectivity index (χ1n) is 9.92. The Morgan fingerprint density at radius 2 is 1.93 bits per heavy atom. The van der Waals surface area contributed by atoms with Crippen molar-refractivity contribution in [2.24, 2.45) is 7.05 Å². The molecule has 3 aromatic rings. The van der Waals surface area contributed by atoms with Crippen LogP contribution in [0.25, 0.3) is 0 Å². The Hall–Kier alpha value is -2.12. The molecule has 0 aliphatic carbocycles. The summed E-state index contributed by atoms with van der Waals surface area (Å²) >= 11 is 9.70. The largest absolute Gasteiger partial charge is 0.461 e. The molecule has 1 unspecified atom stereocenters. The van der Waals surface area contributed by atoms with Gasteiger partial charge < -0.3 is 9.30 Å². The SMILES string of the molecule is CCOC(=O)c1nc(Br)n(C(C)C)c1C(Cc1cc(C)nn1C)c1ccc(Cl)cc1. The van der Waals surface area contributed by atoms with Crippen LogP contribution in [-0.4, -0.2) is 31.9 Å². The van der Waals surface area contributed by atoms with Crippen LogP contribution in [0.1, 0.15) is 65.9 Å². The van der Waals surface area contributed by atoms with Gasteiger partial charge in [-0.15, -0.1) is 0 Å². The quantitative estimate of drug-likeness (QED) is 0.409. The van der Waals surface area contributed by atoms with E-state index in [0.29, 0.717) is 21.9 Å². The summed E-state index contributed by atoms with van der Waals surface area (Å²) in [6, 6.07) is 9.89. The number of imidazole rings is 1. The van der Waals surface area contributed by atoms with E-state index < -0.39 is 5.97 Å². The zero-order valence-electron chi connectivity index (χ0n) is 17.8. The normalized spacial score (nSPS) is 12.4. The average Bonchev–Trinajstić information content (AvgIpc) is 3.19. The number of nitrogens with zero attached hydrogens (tertiary/aromatic N) is 4. The van der Waals surface area contributed by atoms with E-state index in [1.165, 1.54) is 0 Å². The molecule has 0 aliphatic rings. The van der Waals surface area contributed by atoms with E-state index in [2.05, 4.69) is 50.5 Å². The molecule has 0 fully saturated rings. The van der Waals surface area contributed by atoms with Crippen LogP contribution in [0.15, 0.2) is 35.1 Å². The van der Waals surface area contributed by atoms with Crippen molar-refractivity contribution < 1.29 is 9.53 Å². The maximum absolute atomic E-state index is 12.8. The third-order valence-electron chi connectivity index (χ3n) is 5.00. The fourth-order valence-electron chi connectivity index (χ4n) is 3.72. The summed E-state index contributed by atoms with van der Waals surface area (Å²) in [5.74, 6) is -0.564.